The molecule has 0 aliphatic carbocycles. The number of aromatic amines is 1. The number of nitrogens with one attached hydrogen (secondary N) is 1. The van der Waals surface area contributed by atoms with E-state index in [0.717, 1.165) is 10.8 Å². The van der Waals surface area contributed by atoms with E-state index in [9.17, 15) is 22.5 Å². The van der Waals surface area contributed by atoms with E-state index in [-0.39, 0.29) is 5.56 Å². The van der Waals surface area contributed by atoms with Crippen molar-refractivity contribution >= 4 is 6.98 Å². The molecule has 0 unspecified atom stereocenters. The summed E-state index contributed by atoms with van der Waals surface area (Å²) in [4.78, 5) is 24.4. The third-order valence-electron chi connectivity index (χ3n) is 2.30. The second kappa shape index (κ2) is 4.64. The van der Waals surface area contributed by atoms with Gasteiger partial charge in [-0.3, -0.25) is 14.3 Å². The van der Waals surface area contributed by atoms with Crippen LogP contribution in [0.4, 0.5) is 12.9 Å². The molecular formula is C9H11BF3N2O2-. The van der Waals surface area contributed by atoms with Gasteiger partial charge in [-0.05, 0) is 6.42 Å². The van der Waals surface area contributed by atoms with Gasteiger partial charge in [-0.25, -0.2) is 4.79 Å². The Morgan fingerprint density at radius 1 is 1.47 bits per heavy atom. The molecule has 0 aliphatic rings. The number of halogens is 3. The van der Waals surface area contributed by atoms with E-state index in [1.54, 1.807) is 6.92 Å². The van der Waals surface area contributed by atoms with Crippen molar-refractivity contribution in [1.82, 2.24) is 9.55 Å². The highest BCUT2D eigenvalue weighted by molar-refractivity contribution is 6.66. The summed E-state index contributed by atoms with van der Waals surface area (Å²) in [6.45, 7) is -1.28. The van der Waals surface area contributed by atoms with Gasteiger partial charge in [-0.15, -0.1) is 12.1 Å². The second-order valence-corrected chi connectivity index (χ2v) is 3.63. The molecule has 4 nitrogen and oxygen atoms in total. The van der Waals surface area contributed by atoms with Gasteiger partial charge in [0.2, 0.25) is 0 Å². The van der Waals surface area contributed by atoms with E-state index in [1.165, 1.54) is 0 Å². The minimum atomic E-state index is -5.18. The van der Waals surface area contributed by atoms with E-state index >= 15 is 0 Å². The normalized spacial score (nSPS) is 11.5. The topological polar surface area (TPSA) is 54.9 Å². The molecule has 0 saturated carbocycles. The van der Waals surface area contributed by atoms with Gasteiger partial charge in [0.1, 0.15) is 0 Å². The number of rotatable bonds is 4. The minimum Gasteiger partial charge on any atom is -0.445 e. The first kappa shape index (κ1) is 13.3. The zero-order valence-electron chi connectivity index (χ0n) is 9.17. The Morgan fingerprint density at radius 3 is 2.53 bits per heavy atom. The molecule has 0 fully saturated rings. The fourth-order valence-corrected chi connectivity index (χ4v) is 1.25. The summed E-state index contributed by atoms with van der Waals surface area (Å²) in [5.41, 5.74) is -2.17. The molecule has 1 heterocycles. The SMILES string of the molecule is C=C(Cn1cc(CC)c(=O)[nH]c1=O)[B-](F)(F)F. The van der Waals surface area contributed by atoms with Gasteiger partial charge in [0, 0.05) is 18.3 Å². The van der Waals surface area contributed by atoms with E-state index in [4.69, 9.17) is 0 Å². The maximum Gasteiger partial charge on any atom is 0.506 e. The zero-order valence-corrected chi connectivity index (χ0v) is 9.17. The molecule has 1 N–H and O–H groups in total. The summed E-state index contributed by atoms with van der Waals surface area (Å²) in [5, 5.41) is 0. The second-order valence-electron chi connectivity index (χ2n) is 3.63. The first-order valence-corrected chi connectivity index (χ1v) is 4.96. The zero-order chi connectivity index (χ0) is 13.2. The monoisotopic (exact) mass is 247 g/mol. The highest BCUT2D eigenvalue weighted by Gasteiger charge is 2.26. The van der Waals surface area contributed by atoms with Crippen molar-refractivity contribution in [3.05, 3.63) is 44.6 Å². The van der Waals surface area contributed by atoms with Crippen molar-refractivity contribution in [2.24, 2.45) is 0 Å². The van der Waals surface area contributed by atoms with Crippen LogP contribution in [0.3, 0.4) is 0 Å². The molecule has 0 atom stereocenters. The van der Waals surface area contributed by atoms with Gasteiger partial charge in [-0.2, -0.15) is 0 Å². The molecule has 0 saturated heterocycles. The number of aromatic nitrogens is 2. The Kier molecular flexibility index (Phi) is 3.64. The Labute approximate surface area is 94.8 Å². The van der Waals surface area contributed by atoms with Gasteiger partial charge < -0.3 is 12.9 Å². The summed E-state index contributed by atoms with van der Waals surface area (Å²) in [6.07, 6.45) is 1.47. The molecule has 1 aromatic heterocycles. The fourth-order valence-electron chi connectivity index (χ4n) is 1.25. The Morgan fingerprint density at radius 2 is 2.06 bits per heavy atom. The van der Waals surface area contributed by atoms with Crippen LogP contribution in [-0.4, -0.2) is 16.5 Å². The Hall–Kier alpha value is -1.73. The summed E-state index contributed by atoms with van der Waals surface area (Å²) in [7, 11) is 0. The van der Waals surface area contributed by atoms with Crippen LogP contribution in [-0.2, 0) is 13.0 Å². The quantitative estimate of drug-likeness (QED) is 0.808. The van der Waals surface area contributed by atoms with Crippen molar-refractivity contribution in [2.45, 2.75) is 19.9 Å². The number of allylic oxidation sites excluding steroid dienone is 1. The third kappa shape index (κ3) is 3.12. The predicted octanol–water partition coefficient (Wildman–Crippen LogP) is 1.04. The van der Waals surface area contributed by atoms with Crippen molar-refractivity contribution in [3.8, 4) is 0 Å². The number of hydrogen-bond donors (Lipinski definition) is 1. The summed E-state index contributed by atoms with van der Waals surface area (Å²) < 4.78 is 37.7. The lowest BCUT2D eigenvalue weighted by atomic mass is 9.80. The highest BCUT2D eigenvalue weighted by atomic mass is 19.4. The highest BCUT2D eigenvalue weighted by Crippen LogP contribution is 2.18. The number of hydrogen-bond acceptors (Lipinski definition) is 2. The smallest absolute Gasteiger partial charge is 0.445 e. The van der Waals surface area contributed by atoms with E-state index in [1.807, 2.05) is 4.98 Å². The minimum absolute atomic E-state index is 0.257. The molecule has 1 rings (SSSR count). The first-order chi connectivity index (χ1) is 7.75. The molecule has 8 heteroatoms. The first-order valence-electron chi connectivity index (χ1n) is 4.96. The summed E-state index contributed by atoms with van der Waals surface area (Å²) in [5.74, 6) is 0. The molecule has 0 aliphatic heterocycles. The largest absolute Gasteiger partial charge is 0.506 e. The van der Waals surface area contributed by atoms with Crippen LogP contribution < -0.4 is 11.2 Å². The van der Waals surface area contributed by atoms with E-state index < -0.39 is 30.2 Å². The van der Waals surface area contributed by atoms with Crippen LogP contribution in [0.25, 0.3) is 0 Å². The molecular weight excluding hydrogens is 236 g/mol. The molecule has 0 amide bonds. The lowest BCUT2D eigenvalue weighted by Crippen LogP contribution is -2.34. The average Bonchev–Trinajstić information content (AvgIpc) is 2.20. The van der Waals surface area contributed by atoms with Gasteiger partial charge in [0.25, 0.3) is 5.56 Å². The molecule has 0 spiro atoms. The fraction of sp³-hybridized carbons (Fsp3) is 0.333. The summed E-state index contributed by atoms with van der Waals surface area (Å²) >= 11 is 0. The van der Waals surface area contributed by atoms with Crippen LogP contribution in [0.2, 0.25) is 0 Å². The Bertz CT molecular complexity index is 544. The van der Waals surface area contributed by atoms with Gasteiger partial charge in [0.05, 0.1) is 0 Å². The van der Waals surface area contributed by atoms with Crippen molar-refractivity contribution in [2.75, 3.05) is 0 Å². The maximum absolute atomic E-state index is 12.3. The van der Waals surface area contributed by atoms with Crippen LogP contribution in [0.5, 0.6) is 0 Å². The standard InChI is InChI=1S/C9H11BF3N2O2/c1-3-7-5-15(9(17)14-8(7)16)4-6(2)10(11,12)13/h5H,2-4H2,1H3,(H,14,16,17)/q-1. The van der Waals surface area contributed by atoms with Crippen LogP contribution >= 0.6 is 0 Å². The molecule has 0 aromatic carbocycles. The number of aryl methyl sites for hydroxylation is 1. The predicted molar refractivity (Wildman–Crippen MR) is 58.9 cm³/mol. The van der Waals surface area contributed by atoms with Gasteiger partial charge in [-0.1, -0.05) is 6.92 Å². The van der Waals surface area contributed by atoms with E-state index in [2.05, 4.69) is 6.58 Å². The molecule has 94 valence electrons. The number of nitrogens with zero attached hydrogens (tertiary/aromatic N) is 1. The Balaban J connectivity index is 3.12. The molecule has 0 radical (unpaired) electrons. The molecule has 17 heavy (non-hydrogen) atoms. The average molecular weight is 247 g/mol. The lowest BCUT2D eigenvalue weighted by molar-refractivity contribution is 0.481. The van der Waals surface area contributed by atoms with Crippen molar-refractivity contribution in [3.63, 3.8) is 0 Å². The van der Waals surface area contributed by atoms with Gasteiger partial charge in [0.15, 0.2) is 0 Å². The van der Waals surface area contributed by atoms with Crippen molar-refractivity contribution in [1.29, 1.82) is 0 Å². The van der Waals surface area contributed by atoms with Crippen LogP contribution in [0.15, 0.2) is 27.8 Å². The van der Waals surface area contributed by atoms with E-state index in [0.29, 0.717) is 6.42 Å². The van der Waals surface area contributed by atoms with Crippen LogP contribution in [0, 0.1) is 0 Å². The lowest BCUT2D eigenvalue weighted by Gasteiger charge is -2.18. The summed E-state index contributed by atoms with van der Waals surface area (Å²) in [6, 6.07) is 0. The molecule has 0 bridgehead atoms. The number of H-pyrrole nitrogens is 1. The maximum atomic E-state index is 12.3. The van der Waals surface area contributed by atoms with Gasteiger partial charge >= 0.3 is 12.7 Å². The third-order valence-corrected chi connectivity index (χ3v) is 2.30. The van der Waals surface area contributed by atoms with Crippen LogP contribution in [0.1, 0.15) is 12.5 Å². The van der Waals surface area contributed by atoms with Crippen molar-refractivity contribution < 1.29 is 12.9 Å². The molecule has 1 aromatic rings.